The molecule has 5 heteroatoms. The quantitative estimate of drug-likeness (QED) is 0.754. The SMILES string of the molecule is CO[C@@H]1C[C@H](C(C)=O)Cc2c1cc1c(c2O)C(=O)c2cccc(C)c2C1=O. The average molecular weight is 364 g/mol. The maximum atomic E-state index is 13.1. The molecule has 2 atom stereocenters. The van der Waals surface area contributed by atoms with Crippen molar-refractivity contribution in [2.75, 3.05) is 7.11 Å². The van der Waals surface area contributed by atoms with Crippen molar-refractivity contribution < 1.29 is 24.2 Å². The van der Waals surface area contributed by atoms with Crippen molar-refractivity contribution in [3.8, 4) is 5.75 Å². The van der Waals surface area contributed by atoms with E-state index in [-0.39, 0.29) is 40.1 Å². The summed E-state index contributed by atoms with van der Waals surface area (Å²) in [5.74, 6) is -1.08. The van der Waals surface area contributed by atoms with Crippen molar-refractivity contribution in [3.63, 3.8) is 0 Å². The van der Waals surface area contributed by atoms with Gasteiger partial charge in [0.1, 0.15) is 11.5 Å². The van der Waals surface area contributed by atoms with Gasteiger partial charge in [-0.1, -0.05) is 18.2 Å². The number of ether oxygens (including phenoxy) is 1. The molecule has 0 aromatic heterocycles. The molecule has 27 heavy (non-hydrogen) atoms. The zero-order valence-corrected chi connectivity index (χ0v) is 15.5. The number of Topliss-reactive ketones (excluding diaryl/α,β-unsaturated/α-hetero) is 1. The standard InChI is InChI=1S/C22H20O5/c1-10-5-4-6-13-18(10)22(26)16-9-14-15(21(25)19(16)20(13)24)7-12(11(2)23)8-17(14)27-3/h4-6,9,12,17,25H,7-8H2,1-3H3/t12-,17-/m1/s1. The summed E-state index contributed by atoms with van der Waals surface area (Å²) in [4.78, 5) is 38.1. The lowest BCUT2D eigenvalue weighted by molar-refractivity contribution is -0.122. The molecule has 1 N–H and O–H groups in total. The summed E-state index contributed by atoms with van der Waals surface area (Å²) >= 11 is 0. The number of phenols is 1. The van der Waals surface area contributed by atoms with Crippen LogP contribution in [0.25, 0.3) is 0 Å². The number of hydrogen-bond donors (Lipinski definition) is 1. The van der Waals surface area contributed by atoms with Crippen LogP contribution in [0, 0.1) is 12.8 Å². The number of carbonyl (C=O) groups is 3. The minimum Gasteiger partial charge on any atom is -0.507 e. The number of carbonyl (C=O) groups excluding carboxylic acids is 3. The number of aryl methyl sites for hydroxylation is 1. The Bertz CT molecular complexity index is 1020. The van der Waals surface area contributed by atoms with Crippen LogP contribution in [-0.2, 0) is 16.0 Å². The number of benzene rings is 2. The normalized spacial score (nSPS) is 20.7. The minimum absolute atomic E-state index is 0.0168. The van der Waals surface area contributed by atoms with Crippen molar-refractivity contribution in [1.82, 2.24) is 0 Å². The molecule has 0 fully saturated rings. The molecule has 138 valence electrons. The van der Waals surface area contributed by atoms with Gasteiger partial charge in [-0.15, -0.1) is 0 Å². The Labute approximate surface area is 157 Å². The number of ketones is 3. The van der Waals surface area contributed by atoms with Crippen LogP contribution < -0.4 is 0 Å². The molecule has 0 saturated carbocycles. The highest BCUT2D eigenvalue weighted by Crippen LogP contribution is 2.45. The van der Waals surface area contributed by atoms with Crippen molar-refractivity contribution in [3.05, 3.63) is 63.2 Å². The van der Waals surface area contributed by atoms with E-state index in [9.17, 15) is 19.5 Å². The monoisotopic (exact) mass is 364 g/mol. The third kappa shape index (κ3) is 2.46. The van der Waals surface area contributed by atoms with E-state index in [1.165, 1.54) is 6.92 Å². The summed E-state index contributed by atoms with van der Waals surface area (Å²) in [6.07, 6.45) is 0.431. The van der Waals surface area contributed by atoms with Gasteiger partial charge in [-0.3, -0.25) is 14.4 Å². The lowest BCUT2D eigenvalue weighted by Gasteiger charge is -2.32. The summed E-state index contributed by atoms with van der Waals surface area (Å²) in [7, 11) is 1.54. The molecule has 0 radical (unpaired) electrons. The summed E-state index contributed by atoms with van der Waals surface area (Å²) in [5.41, 5.74) is 2.89. The van der Waals surface area contributed by atoms with E-state index >= 15 is 0 Å². The molecule has 5 nitrogen and oxygen atoms in total. The maximum Gasteiger partial charge on any atom is 0.198 e. The molecule has 4 rings (SSSR count). The molecule has 0 spiro atoms. The van der Waals surface area contributed by atoms with E-state index in [1.54, 1.807) is 38.3 Å². The van der Waals surface area contributed by atoms with Gasteiger partial charge in [0.15, 0.2) is 11.6 Å². The first-order chi connectivity index (χ1) is 12.8. The Morgan fingerprint density at radius 2 is 1.85 bits per heavy atom. The topological polar surface area (TPSA) is 80.7 Å². The molecule has 0 bridgehead atoms. The Morgan fingerprint density at radius 1 is 1.15 bits per heavy atom. The van der Waals surface area contributed by atoms with Gasteiger partial charge < -0.3 is 9.84 Å². The predicted octanol–water partition coefficient (Wildman–Crippen LogP) is 3.31. The summed E-state index contributed by atoms with van der Waals surface area (Å²) in [6, 6.07) is 6.81. The van der Waals surface area contributed by atoms with Gasteiger partial charge in [0.25, 0.3) is 0 Å². The Hall–Kier alpha value is -2.79. The van der Waals surface area contributed by atoms with Crippen LogP contribution in [0.3, 0.4) is 0 Å². The maximum absolute atomic E-state index is 13.1. The van der Waals surface area contributed by atoms with Gasteiger partial charge >= 0.3 is 0 Å². The molecule has 0 saturated heterocycles. The highest BCUT2D eigenvalue weighted by Gasteiger charge is 2.39. The third-order valence-corrected chi connectivity index (χ3v) is 5.81. The number of phenolic OH excluding ortho intramolecular Hbond substituents is 1. The summed E-state index contributed by atoms with van der Waals surface area (Å²) in [6.45, 7) is 3.31. The fourth-order valence-electron chi connectivity index (χ4n) is 4.32. The lowest BCUT2D eigenvalue weighted by Crippen LogP contribution is -2.28. The van der Waals surface area contributed by atoms with Crippen LogP contribution in [0.2, 0.25) is 0 Å². The molecular weight excluding hydrogens is 344 g/mol. The second-order valence-corrected chi connectivity index (χ2v) is 7.34. The van der Waals surface area contributed by atoms with Crippen molar-refractivity contribution in [2.45, 2.75) is 32.8 Å². The third-order valence-electron chi connectivity index (χ3n) is 5.81. The molecule has 2 aromatic rings. The minimum atomic E-state index is -0.403. The second kappa shape index (κ2) is 6.13. The van der Waals surface area contributed by atoms with Crippen LogP contribution in [0.15, 0.2) is 24.3 Å². The fourth-order valence-corrected chi connectivity index (χ4v) is 4.32. The van der Waals surface area contributed by atoms with Crippen molar-refractivity contribution >= 4 is 17.3 Å². The van der Waals surface area contributed by atoms with E-state index in [0.717, 1.165) is 5.56 Å². The van der Waals surface area contributed by atoms with Gasteiger partial charge in [-0.05, 0) is 43.9 Å². The number of fused-ring (bicyclic) bond motifs is 3. The highest BCUT2D eigenvalue weighted by molar-refractivity contribution is 6.30. The second-order valence-electron chi connectivity index (χ2n) is 7.34. The molecular formula is C22H20O5. The molecule has 0 amide bonds. The fraction of sp³-hybridized carbons (Fsp3) is 0.318. The average Bonchev–Trinajstić information content (AvgIpc) is 2.65. The first-order valence-electron chi connectivity index (χ1n) is 8.96. The van der Waals surface area contributed by atoms with Gasteiger partial charge in [-0.2, -0.15) is 0 Å². The molecule has 2 aromatic carbocycles. The van der Waals surface area contributed by atoms with Crippen LogP contribution in [0.1, 0.15) is 68.0 Å². The summed E-state index contributed by atoms with van der Waals surface area (Å²) in [5, 5.41) is 10.9. The zero-order chi connectivity index (χ0) is 19.5. The lowest BCUT2D eigenvalue weighted by atomic mass is 9.74. The number of methoxy groups -OCH3 is 1. The van der Waals surface area contributed by atoms with Gasteiger partial charge in [0.05, 0.1) is 11.7 Å². The van der Waals surface area contributed by atoms with Crippen LogP contribution in [-0.4, -0.2) is 29.6 Å². The molecule has 0 unspecified atom stereocenters. The molecule has 0 aliphatic heterocycles. The van der Waals surface area contributed by atoms with E-state index in [4.69, 9.17) is 4.74 Å². The van der Waals surface area contributed by atoms with Crippen LogP contribution >= 0.6 is 0 Å². The highest BCUT2D eigenvalue weighted by atomic mass is 16.5. The van der Waals surface area contributed by atoms with E-state index in [2.05, 4.69) is 0 Å². The largest absolute Gasteiger partial charge is 0.507 e. The zero-order valence-electron chi connectivity index (χ0n) is 15.5. The predicted molar refractivity (Wildman–Crippen MR) is 98.4 cm³/mol. The van der Waals surface area contributed by atoms with E-state index in [1.807, 2.05) is 0 Å². The number of aromatic hydroxyl groups is 1. The smallest absolute Gasteiger partial charge is 0.198 e. The van der Waals surface area contributed by atoms with Crippen molar-refractivity contribution in [1.29, 1.82) is 0 Å². The van der Waals surface area contributed by atoms with E-state index in [0.29, 0.717) is 35.1 Å². The Balaban J connectivity index is 1.97. The Morgan fingerprint density at radius 3 is 2.52 bits per heavy atom. The number of rotatable bonds is 2. The first-order valence-corrected chi connectivity index (χ1v) is 8.96. The van der Waals surface area contributed by atoms with Crippen molar-refractivity contribution in [2.24, 2.45) is 5.92 Å². The van der Waals surface area contributed by atoms with Crippen LogP contribution in [0.5, 0.6) is 5.75 Å². The van der Waals surface area contributed by atoms with E-state index < -0.39 is 6.10 Å². The van der Waals surface area contributed by atoms with Gasteiger partial charge in [0.2, 0.25) is 0 Å². The summed E-state index contributed by atoms with van der Waals surface area (Å²) < 4.78 is 5.54. The first kappa shape index (κ1) is 17.6. The Kier molecular flexibility index (Phi) is 4.00. The van der Waals surface area contributed by atoms with Gasteiger partial charge in [0, 0.05) is 35.3 Å². The van der Waals surface area contributed by atoms with Crippen LogP contribution in [0.4, 0.5) is 0 Å². The molecule has 2 aliphatic carbocycles. The molecule has 2 aliphatic rings. The number of hydrogen-bond acceptors (Lipinski definition) is 5. The molecule has 0 heterocycles. The van der Waals surface area contributed by atoms with Gasteiger partial charge in [-0.25, -0.2) is 0 Å².